The number of nitriles is 1. The lowest BCUT2D eigenvalue weighted by molar-refractivity contribution is -0.129. The van der Waals surface area contributed by atoms with Crippen molar-refractivity contribution in [1.29, 1.82) is 5.26 Å². The minimum Gasteiger partial charge on any atom is -0.378 e. The monoisotopic (exact) mass is 435 g/mol. The normalized spacial score (nSPS) is 18.2. The zero-order valence-electron chi connectivity index (χ0n) is 16.6. The fourth-order valence-electron chi connectivity index (χ4n) is 3.73. The van der Waals surface area contributed by atoms with Gasteiger partial charge in [0.1, 0.15) is 11.9 Å². The molecule has 0 spiro atoms. The van der Waals surface area contributed by atoms with Crippen LogP contribution in [0, 0.1) is 34.7 Å². The van der Waals surface area contributed by atoms with E-state index in [0.29, 0.717) is 18.3 Å². The largest absolute Gasteiger partial charge is 0.378 e. The Morgan fingerprint density at radius 3 is 2.57 bits per heavy atom. The summed E-state index contributed by atoms with van der Waals surface area (Å²) in [5.74, 6) is -3.79. The first-order chi connectivity index (χ1) is 14.2. The first-order valence-electron chi connectivity index (χ1n) is 9.65. The van der Waals surface area contributed by atoms with Crippen molar-refractivity contribution in [2.45, 2.75) is 38.8 Å². The molecule has 1 aliphatic heterocycles. The summed E-state index contributed by atoms with van der Waals surface area (Å²) >= 11 is 6.09. The van der Waals surface area contributed by atoms with Crippen LogP contribution in [-0.4, -0.2) is 23.4 Å². The van der Waals surface area contributed by atoms with Crippen molar-refractivity contribution >= 4 is 23.2 Å². The second-order valence-corrected chi connectivity index (χ2v) is 7.89. The van der Waals surface area contributed by atoms with Crippen LogP contribution in [0.4, 0.5) is 18.9 Å². The highest BCUT2D eigenvalue weighted by Crippen LogP contribution is 2.37. The Labute approximate surface area is 178 Å². The SMILES string of the molecule is CCC(C)N1C[C@@H](C(Nc2ccc(C#N)c(Cl)c2)c2cc(F)c(F)cc2F)CC1=O. The van der Waals surface area contributed by atoms with Crippen LogP contribution >= 0.6 is 11.6 Å². The molecule has 2 aromatic rings. The van der Waals surface area contributed by atoms with Crippen LogP contribution in [0.3, 0.4) is 0 Å². The highest BCUT2D eigenvalue weighted by atomic mass is 35.5. The lowest BCUT2D eigenvalue weighted by Crippen LogP contribution is -2.34. The van der Waals surface area contributed by atoms with Crippen LogP contribution in [0.15, 0.2) is 30.3 Å². The maximum absolute atomic E-state index is 14.6. The number of benzene rings is 2. The number of nitrogens with one attached hydrogen (secondary N) is 1. The Morgan fingerprint density at radius 1 is 1.23 bits per heavy atom. The second-order valence-electron chi connectivity index (χ2n) is 7.48. The van der Waals surface area contributed by atoms with Gasteiger partial charge in [0.2, 0.25) is 5.91 Å². The number of carbonyl (C=O) groups is 1. The summed E-state index contributed by atoms with van der Waals surface area (Å²) in [5.41, 5.74) is 0.678. The van der Waals surface area contributed by atoms with Crippen LogP contribution in [-0.2, 0) is 4.79 Å². The van der Waals surface area contributed by atoms with E-state index in [9.17, 15) is 18.0 Å². The zero-order valence-corrected chi connectivity index (χ0v) is 17.3. The smallest absolute Gasteiger partial charge is 0.223 e. The van der Waals surface area contributed by atoms with Crippen LogP contribution < -0.4 is 5.32 Å². The number of amides is 1. The van der Waals surface area contributed by atoms with Crippen LogP contribution in [0.1, 0.15) is 43.9 Å². The molecule has 2 aromatic carbocycles. The van der Waals surface area contributed by atoms with Crippen LogP contribution in [0.5, 0.6) is 0 Å². The minimum absolute atomic E-state index is 0.0160. The van der Waals surface area contributed by atoms with E-state index in [0.717, 1.165) is 12.5 Å². The van der Waals surface area contributed by atoms with Gasteiger partial charge in [0.25, 0.3) is 0 Å². The number of rotatable bonds is 6. The molecule has 2 unspecified atom stereocenters. The number of hydrogen-bond acceptors (Lipinski definition) is 3. The van der Waals surface area contributed by atoms with Crippen molar-refractivity contribution in [1.82, 2.24) is 4.90 Å². The van der Waals surface area contributed by atoms with Gasteiger partial charge in [-0.1, -0.05) is 18.5 Å². The lowest BCUT2D eigenvalue weighted by atomic mass is 9.91. The predicted molar refractivity (Wildman–Crippen MR) is 108 cm³/mol. The summed E-state index contributed by atoms with van der Waals surface area (Å²) in [4.78, 5) is 14.3. The molecule has 3 rings (SSSR count). The molecule has 0 aliphatic carbocycles. The zero-order chi connectivity index (χ0) is 22.0. The van der Waals surface area contributed by atoms with Gasteiger partial charge in [-0.3, -0.25) is 4.79 Å². The number of nitrogens with zero attached hydrogens (tertiary/aromatic N) is 2. The van der Waals surface area contributed by atoms with Crippen molar-refractivity contribution in [3.63, 3.8) is 0 Å². The van der Waals surface area contributed by atoms with E-state index in [1.54, 1.807) is 11.0 Å². The minimum atomic E-state index is -1.28. The van der Waals surface area contributed by atoms with Gasteiger partial charge in [0.05, 0.1) is 16.6 Å². The number of likely N-dealkylation sites (tertiary alicyclic amines) is 1. The summed E-state index contributed by atoms with van der Waals surface area (Å²) in [6.45, 7) is 4.25. The van der Waals surface area contributed by atoms with Crippen molar-refractivity contribution in [3.05, 3.63) is 63.9 Å². The number of halogens is 4. The van der Waals surface area contributed by atoms with Crippen molar-refractivity contribution < 1.29 is 18.0 Å². The first-order valence-corrected chi connectivity index (χ1v) is 10.0. The quantitative estimate of drug-likeness (QED) is 0.615. The van der Waals surface area contributed by atoms with Gasteiger partial charge in [-0.05, 0) is 37.6 Å². The molecule has 1 fully saturated rings. The topological polar surface area (TPSA) is 56.1 Å². The molecule has 1 heterocycles. The summed E-state index contributed by atoms with van der Waals surface area (Å²) in [5, 5.41) is 12.4. The van der Waals surface area contributed by atoms with Crippen LogP contribution in [0.25, 0.3) is 0 Å². The molecule has 1 aliphatic rings. The predicted octanol–water partition coefficient (Wildman–Crippen LogP) is 5.43. The Morgan fingerprint density at radius 2 is 1.93 bits per heavy atom. The molecular weight excluding hydrogens is 415 g/mol. The molecule has 30 heavy (non-hydrogen) atoms. The van der Waals surface area contributed by atoms with E-state index in [1.807, 2.05) is 19.9 Å². The molecule has 1 saturated heterocycles. The molecule has 0 aromatic heterocycles. The summed E-state index contributed by atoms with van der Waals surface area (Å²) in [6, 6.07) is 7.11. The van der Waals surface area contributed by atoms with E-state index >= 15 is 0 Å². The van der Waals surface area contributed by atoms with Gasteiger partial charge >= 0.3 is 0 Å². The maximum atomic E-state index is 14.6. The fraction of sp³-hybridized carbons (Fsp3) is 0.364. The standard InChI is InChI=1S/C22H21ClF3N3O/c1-3-12(2)29-11-14(6-21(29)30)22(16-8-19(25)20(26)9-18(16)24)28-15-5-4-13(10-27)17(23)7-15/h4-5,7-9,12,14,22,28H,3,6,11H2,1-2H3/t12?,14-,22?/m0/s1. The molecule has 8 heteroatoms. The van der Waals surface area contributed by atoms with Crippen LogP contribution in [0.2, 0.25) is 5.02 Å². The molecule has 1 amide bonds. The first kappa shape index (κ1) is 22.0. The average molecular weight is 436 g/mol. The summed E-state index contributed by atoms with van der Waals surface area (Å²) < 4.78 is 42.1. The fourth-order valence-corrected chi connectivity index (χ4v) is 3.95. The Bertz CT molecular complexity index is 1010. The van der Waals surface area contributed by atoms with Crippen molar-refractivity contribution in [3.8, 4) is 6.07 Å². The van der Waals surface area contributed by atoms with E-state index in [-0.39, 0.29) is 40.4 Å². The molecule has 3 atom stereocenters. The summed E-state index contributed by atoms with van der Waals surface area (Å²) in [6.07, 6.45) is 0.909. The molecule has 1 N–H and O–H groups in total. The molecular formula is C22H21ClF3N3O. The maximum Gasteiger partial charge on any atom is 0.223 e. The van der Waals surface area contributed by atoms with E-state index in [2.05, 4.69) is 5.32 Å². The number of hydrogen-bond donors (Lipinski definition) is 1. The molecule has 0 bridgehead atoms. The van der Waals surface area contributed by atoms with Crippen molar-refractivity contribution in [2.24, 2.45) is 5.92 Å². The highest BCUT2D eigenvalue weighted by Gasteiger charge is 2.38. The molecule has 158 valence electrons. The number of carbonyl (C=O) groups excluding carboxylic acids is 1. The Balaban J connectivity index is 2.00. The van der Waals surface area contributed by atoms with Crippen molar-refractivity contribution in [2.75, 3.05) is 11.9 Å². The second kappa shape index (κ2) is 8.97. The van der Waals surface area contributed by atoms with Gasteiger partial charge in [-0.2, -0.15) is 5.26 Å². The van der Waals surface area contributed by atoms with E-state index in [4.69, 9.17) is 16.9 Å². The van der Waals surface area contributed by atoms with E-state index < -0.39 is 23.5 Å². The molecule has 0 radical (unpaired) electrons. The third-order valence-electron chi connectivity index (χ3n) is 5.57. The Kier molecular flexibility index (Phi) is 6.57. The average Bonchev–Trinajstić information content (AvgIpc) is 3.10. The lowest BCUT2D eigenvalue weighted by Gasteiger charge is -2.28. The van der Waals surface area contributed by atoms with E-state index in [1.165, 1.54) is 12.1 Å². The third-order valence-corrected chi connectivity index (χ3v) is 5.88. The van der Waals surface area contributed by atoms with Gasteiger partial charge in [-0.25, -0.2) is 13.2 Å². The molecule has 4 nitrogen and oxygen atoms in total. The summed E-state index contributed by atoms with van der Waals surface area (Å²) in [7, 11) is 0. The molecule has 0 saturated carbocycles. The van der Waals surface area contributed by atoms with Gasteiger partial charge in [0.15, 0.2) is 11.6 Å². The third kappa shape index (κ3) is 4.39. The van der Waals surface area contributed by atoms with Gasteiger partial charge < -0.3 is 10.2 Å². The highest BCUT2D eigenvalue weighted by molar-refractivity contribution is 6.32. The number of anilines is 1. The Hall–Kier alpha value is -2.72. The van der Waals surface area contributed by atoms with Gasteiger partial charge in [0, 0.05) is 42.2 Å². The van der Waals surface area contributed by atoms with Gasteiger partial charge in [-0.15, -0.1) is 0 Å².